The second-order valence-corrected chi connectivity index (χ2v) is 7.39. The predicted octanol–water partition coefficient (Wildman–Crippen LogP) is 3.50. The van der Waals surface area contributed by atoms with Crippen molar-refractivity contribution in [3.63, 3.8) is 0 Å². The lowest BCUT2D eigenvalue weighted by atomic mass is 9.84. The molecule has 3 N–H and O–H groups in total. The molecule has 132 valence electrons. The fourth-order valence-electron chi connectivity index (χ4n) is 3.92. The third kappa shape index (κ3) is 3.38. The number of hydrogen-bond donors (Lipinski definition) is 2. The maximum atomic E-state index is 13.8. The Morgan fingerprint density at radius 2 is 2.00 bits per heavy atom. The van der Waals surface area contributed by atoms with Gasteiger partial charge in [0, 0.05) is 23.0 Å². The molecule has 4 rings (SSSR count). The second kappa shape index (κ2) is 6.71. The highest BCUT2D eigenvalue weighted by molar-refractivity contribution is 6.06. The summed E-state index contributed by atoms with van der Waals surface area (Å²) in [6.45, 7) is 0.587. The van der Waals surface area contributed by atoms with Gasteiger partial charge in [-0.1, -0.05) is 12.8 Å². The summed E-state index contributed by atoms with van der Waals surface area (Å²) in [7, 11) is 0. The lowest BCUT2D eigenvalue weighted by molar-refractivity contribution is 0.0909. The molecule has 0 radical (unpaired) electrons. The minimum Gasteiger partial charge on any atom is -0.349 e. The first kappa shape index (κ1) is 16.5. The van der Waals surface area contributed by atoms with E-state index >= 15 is 0 Å². The van der Waals surface area contributed by atoms with Crippen LogP contribution in [0.25, 0.3) is 10.9 Å². The van der Waals surface area contributed by atoms with Crippen molar-refractivity contribution in [2.24, 2.45) is 11.7 Å². The number of amides is 1. The molecule has 1 aromatic carbocycles. The summed E-state index contributed by atoms with van der Waals surface area (Å²) in [5.41, 5.74) is 8.05. The Kier molecular flexibility index (Phi) is 4.42. The molecule has 1 amide bonds. The van der Waals surface area contributed by atoms with Gasteiger partial charge in [-0.05, 0) is 62.4 Å². The monoisotopic (exact) mass is 341 g/mol. The molecule has 2 atom stereocenters. The van der Waals surface area contributed by atoms with E-state index < -0.39 is 0 Å². The van der Waals surface area contributed by atoms with Crippen LogP contribution in [0.5, 0.6) is 0 Å². The number of nitrogens with one attached hydrogen (secondary N) is 1. The van der Waals surface area contributed by atoms with Crippen LogP contribution >= 0.6 is 0 Å². The van der Waals surface area contributed by atoms with Gasteiger partial charge in [0.2, 0.25) is 0 Å². The molecule has 0 spiro atoms. The molecule has 2 unspecified atom stereocenters. The lowest BCUT2D eigenvalue weighted by Crippen LogP contribution is -2.44. The van der Waals surface area contributed by atoms with Crippen molar-refractivity contribution in [1.29, 1.82) is 0 Å². The number of carbonyl (C=O) groups excluding carboxylic acids is 1. The fourth-order valence-corrected chi connectivity index (χ4v) is 3.92. The van der Waals surface area contributed by atoms with Crippen molar-refractivity contribution in [1.82, 2.24) is 10.3 Å². The third-order valence-electron chi connectivity index (χ3n) is 5.56. The summed E-state index contributed by atoms with van der Waals surface area (Å²) >= 11 is 0. The van der Waals surface area contributed by atoms with Crippen molar-refractivity contribution in [2.75, 3.05) is 6.54 Å². The average Bonchev–Trinajstić information content (AvgIpc) is 3.46. The summed E-state index contributed by atoms with van der Waals surface area (Å²) in [6, 6.07) is 6.44. The molecule has 1 heterocycles. The van der Waals surface area contributed by atoms with Gasteiger partial charge in [-0.2, -0.15) is 0 Å². The molecular weight excluding hydrogens is 317 g/mol. The number of aromatic nitrogens is 1. The number of hydrogen-bond acceptors (Lipinski definition) is 3. The number of fused-ring (bicyclic) bond motifs is 1. The first-order valence-electron chi connectivity index (χ1n) is 9.27. The Labute approximate surface area is 147 Å². The first-order chi connectivity index (χ1) is 12.2. The van der Waals surface area contributed by atoms with Crippen molar-refractivity contribution in [2.45, 2.75) is 50.5 Å². The number of carbonyl (C=O) groups is 1. The normalized spacial score (nSPS) is 23.6. The smallest absolute Gasteiger partial charge is 0.252 e. The zero-order valence-electron chi connectivity index (χ0n) is 14.3. The van der Waals surface area contributed by atoms with E-state index in [9.17, 15) is 9.18 Å². The van der Waals surface area contributed by atoms with E-state index in [1.54, 1.807) is 6.07 Å². The van der Waals surface area contributed by atoms with Gasteiger partial charge >= 0.3 is 0 Å². The van der Waals surface area contributed by atoms with Crippen LogP contribution in [-0.2, 0) is 0 Å². The van der Waals surface area contributed by atoms with Gasteiger partial charge in [-0.3, -0.25) is 9.78 Å². The standard InChI is InChI=1S/C20H24FN3O/c21-14-7-8-18-15(9-14)16(10-19(23-18)12-5-6-12)20(25)24-17-4-2-1-3-13(17)11-22/h7-10,12-13,17H,1-6,11,22H2,(H,24,25). The molecule has 2 fully saturated rings. The minimum absolute atomic E-state index is 0.104. The zero-order valence-corrected chi connectivity index (χ0v) is 14.3. The molecule has 4 nitrogen and oxygen atoms in total. The van der Waals surface area contributed by atoms with Crippen LogP contribution in [0.15, 0.2) is 24.3 Å². The summed E-state index contributed by atoms with van der Waals surface area (Å²) in [5, 5.41) is 3.75. The SMILES string of the molecule is NCC1CCCCC1NC(=O)c1cc(C2CC2)nc2ccc(F)cc12. The quantitative estimate of drug-likeness (QED) is 0.894. The van der Waals surface area contributed by atoms with E-state index in [1.807, 2.05) is 6.07 Å². The zero-order chi connectivity index (χ0) is 17.4. The van der Waals surface area contributed by atoms with Crippen LogP contribution < -0.4 is 11.1 Å². The lowest BCUT2D eigenvalue weighted by Gasteiger charge is -2.31. The molecular formula is C20H24FN3O. The van der Waals surface area contributed by atoms with Gasteiger partial charge in [0.1, 0.15) is 5.82 Å². The van der Waals surface area contributed by atoms with E-state index in [2.05, 4.69) is 10.3 Å². The van der Waals surface area contributed by atoms with Gasteiger partial charge in [0.15, 0.2) is 0 Å². The molecule has 0 aliphatic heterocycles. The number of pyridine rings is 1. The Hall–Kier alpha value is -2.01. The van der Waals surface area contributed by atoms with Crippen molar-refractivity contribution < 1.29 is 9.18 Å². The van der Waals surface area contributed by atoms with Crippen molar-refractivity contribution >= 4 is 16.8 Å². The Morgan fingerprint density at radius 1 is 1.20 bits per heavy atom. The summed E-state index contributed by atoms with van der Waals surface area (Å²) in [4.78, 5) is 17.6. The van der Waals surface area contributed by atoms with E-state index in [1.165, 1.54) is 18.6 Å². The van der Waals surface area contributed by atoms with E-state index in [-0.39, 0.29) is 17.8 Å². The molecule has 2 aromatic rings. The van der Waals surface area contributed by atoms with Crippen molar-refractivity contribution in [3.8, 4) is 0 Å². The maximum absolute atomic E-state index is 13.8. The third-order valence-corrected chi connectivity index (χ3v) is 5.56. The van der Waals surface area contributed by atoms with Crippen LogP contribution in [0.4, 0.5) is 4.39 Å². The highest BCUT2D eigenvalue weighted by Gasteiger charge is 2.29. The fraction of sp³-hybridized carbons (Fsp3) is 0.500. The van der Waals surface area contributed by atoms with Crippen molar-refractivity contribution in [3.05, 3.63) is 41.3 Å². The van der Waals surface area contributed by atoms with Crippen LogP contribution in [0, 0.1) is 11.7 Å². The highest BCUT2D eigenvalue weighted by atomic mass is 19.1. The van der Waals surface area contributed by atoms with E-state index in [4.69, 9.17) is 5.73 Å². The first-order valence-corrected chi connectivity index (χ1v) is 9.27. The molecule has 0 bridgehead atoms. The minimum atomic E-state index is -0.347. The Morgan fingerprint density at radius 3 is 2.76 bits per heavy atom. The van der Waals surface area contributed by atoms with Gasteiger partial charge in [0.05, 0.1) is 11.1 Å². The van der Waals surface area contributed by atoms with E-state index in [0.29, 0.717) is 34.8 Å². The molecule has 2 aliphatic rings. The maximum Gasteiger partial charge on any atom is 0.252 e. The molecule has 25 heavy (non-hydrogen) atoms. The van der Waals surface area contributed by atoms with Gasteiger partial charge in [0.25, 0.3) is 5.91 Å². The highest BCUT2D eigenvalue weighted by Crippen LogP contribution is 2.40. The number of nitrogens with two attached hydrogens (primary N) is 1. The van der Waals surface area contributed by atoms with Crippen LogP contribution in [0.3, 0.4) is 0 Å². The molecule has 2 aliphatic carbocycles. The van der Waals surface area contributed by atoms with Gasteiger partial charge < -0.3 is 11.1 Å². The largest absolute Gasteiger partial charge is 0.349 e. The summed E-state index contributed by atoms with van der Waals surface area (Å²) in [5.74, 6) is 0.281. The van der Waals surface area contributed by atoms with Crippen LogP contribution in [0.1, 0.15) is 60.5 Å². The predicted molar refractivity (Wildman–Crippen MR) is 95.9 cm³/mol. The summed E-state index contributed by atoms with van der Waals surface area (Å²) < 4.78 is 13.8. The second-order valence-electron chi connectivity index (χ2n) is 7.39. The topological polar surface area (TPSA) is 68.0 Å². The van der Waals surface area contributed by atoms with Crippen LogP contribution in [0.2, 0.25) is 0 Å². The number of halogens is 1. The average molecular weight is 341 g/mol. The summed E-state index contributed by atoms with van der Waals surface area (Å²) in [6.07, 6.45) is 6.52. The van der Waals surface area contributed by atoms with Crippen LogP contribution in [-0.4, -0.2) is 23.5 Å². The Balaban J connectivity index is 1.68. The van der Waals surface area contributed by atoms with Gasteiger partial charge in [-0.25, -0.2) is 4.39 Å². The number of benzene rings is 1. The Bertz CT molecular complexity index is 803. The molecule has 5 heteroatoms. The number of nitrogens with zero attached hydrogens (tertiary/aromatic N) is 1. The van der Waals surface area contributed by atoms with Gasteiger partial charge in [-0.15, -0.1) is 0 Å². The molecule has 0 saturated heterocycles. The molecule has 2 saturated carbocycles. The number of rotatable bonds is 4. The van der Waals surface area contributed by atoms with E-state index in [0.717, 1.165) is 37.8 Å². The molecule has 1 aromatic heterocycles.